The highest BCUT2D eigenvalue weighted by atomic mass is 19.1. The first-order valence-corrected chi connectivity index (χ1v) is 8.87. The van der Waals surface area contributed by atoms with Crippen molar-refractivity contribution in [3.63, 3.8) is 0 Å². The number of nitrogens with one attached hydrogen (secondary N) is 1. The van der Waals surface area contributed by atoms with Gasteiger partial charge >= 0.3 is 0 Å². The normalized spacial score (nSPS) is 18.2. The van der Waals surface area contributed by atoms with Crippen LogP contribution in [0.4, 0.5) is 4.39 Å². The summed E-state index contributed by atoms with van der Waals surface area (Å²) in [6.07, 6.45) is 5.73. The number of aromatic nitrogens is 1. The molecule has 0 aliphatic carbocycles. The highest BCUT2D eigenvalue weighted by molar-refractivity contribution is 5.20. The van der Waals surface area contributed by atoms with Gasteiger partial charge in [0.25, 0.3) is 0 Å². The molecular weight excluding hydrogens is 319 g/mol. The Labute approximate surface area is 147 Å². The number of likely N-dealkylation sites (tertiary alicyclic amines) is 1. The van der Waals surface area contributed by atoms with Crippen LogP contribution < -0.4 is 10.2 Å². The maximum atomic E-state index is 13.8. The topological polar surface area (TPSA) is 45.3 Å². The van der Waals surface area contributed by atoms with E-state index >= 15 is 0 Å². The first-order valence-electron chi connectivity index (χ1n) is 8.87. The Morgan fingerprint density at radius 1 is 1.36 bits per heavy atom. The number of aromatic amines is 1. The Kier molecular flexibility index (Phi) is 5.87. The second-order valence-electron chi connectivity index (χ2n) is 6.76. The van der Waals surface area contributed by atoms with Gasteiger partial charge in [0.2, 0.25) is 5.43 Å². The zero-order valence-corrected chi connectivity index (χ0v) is 14.6. The Balaban J connectivity index is 1.55. The van der Waals surface area contributed by atoms with Crippen LogP contribution in [0.15, 0.2) is 41.3 Å². The molecule has 0 spiro atoms. The molecule has 1 aliphatic rings. The molecular formula is C20H25FN2O2. The van der Waals surface area contributed by atoms with Crippen molar-refractivity contribution in [3.05, 3.63) is 63.8 Å². The molecule has 0 radical (unpaired) electrons. The zero-order valence-electron chi connectivity index (χ0n) is 14.6. The molecule has 0 amide bonds. The number of rotatable bonds is 6. The molecule has 1 saturated heterocycles. The molecule has 1 aliphatic heterocycles. The third-order valence-electron chi connectivity index (χ3n) is 4.93. The molecule has 1 aromatic carbocycles. The lowest BCUT2D eigenvalue weighted by Gasteiger charge is -2.32. The lowest BCUT2D eigenvalue weighted by molar-refractivity contribution is 0.160. The van der Waals surface area contributed by atoms with E-state index in [4.69, 9.17) is 4.74 Å². The zero-order chi connectivity index (χ0) is 17.6. The number of halogens is 1. The van der Waals surface area contributed by atoms with Crippen molar-refractivity contribution in [3.8, 4) is 5.75 Å². The van der Waals surface area contributed by atoms with Crippen molar-refractivity contribution in [2.24, 2.45) is 5.92 Å². The van der Waals surface area contributed by atoms with E-state index in [1.165, 1.54) is 19.6 Å². The number of H-pyrrole nitrogens is 1. The van der Waals surface area contributed by atoms with E-state index in [0.717, 1.165) is 50.2 Å². The number of methoxy groups -OCH3 is 1. The molecule has 4 nitrogen and oxygen atoms in total. The third-order valence-corrected chi connectivity index (χ3v) is 4.93. The van der Waals surface area contributed by atoms with Crippen LogP contribution in [0.1, 0.15) is 30.5 Å². The van der Waals surface area contributed by atoms with E-state index in [-0.39, 0.29) is 11.2 Å². The highest BCUT2D eigenvalue weighted by Gasteiger charge is 2.20. The minimum Gasteiger partial charge on any atom is -0.491 e. The van der Waals surface area contributed by atoms with Gasteiger partial charge in [-0.15, -0.1) is 0 Å². The molecule has 3 rings (SSSR count). The number of benzene rings is 1. The molecule has 2 heterocycles. The summed E-state index contributed by atoms with van der Waals surface area (Å²) in [6.45, 7) is 2.75. The Hall–Kier alpha value is -2.14. The third kappa shape index (κ3) is 4.69. The van der Waals surface area contributed by atoms with Crippen molar-refractivity contribution in [2.75, 3.05) is 20.2 Å². The van der Waals surface area contributed by atoms with Gasteiger partial charge in [-0.3, -0.25) is 9.69 Å². The fourth-order valence-corrected chi connectivity index (χ4v) is 3.58. The maximum Gasteiger partial charge on any atom is 0.223 e. The van der Waals surface area contributed by atoms with E-state index in [1.54, 1.807) is 18.3 Å². The van der Waals surface area contributed by atoms with Crippen molar-refractivity contribution in [2.45, 2.75) is 32.2 Å². The maximum absolute atomic E-state index is 13.8. The minimum atomic E-state index is -0.106. The molecule has 1 atom stereocenters. The number of piperidine rings is 1. The summed E-state index contributed by atoms with van der Waals surface area (Å²) in [4.78, 5) is 17.4. The molecule has 25 heavy (non-hydrogen) atoms. The van der Waals surface area contributed by atoms with Crippen LogP contribution in [0.3, 0.4) is 0 Å². The van der Waals surface area contributed by atoms with Crippen LogP contribution in [0.5, 0.6) is 5.75 Å². The average Bonchev–Trinajstić information content (AvgIpc) is 2.62. The Morgan fingerprint density at radius 2 is 2.20 bits per heavy atom. The van der Waals surface area contributed by atoms with Gasteiger partial charge in [0, 0.05) is 31.0 Å². The molecule has 5 heteroatoms. The lowest BCUT2D eigenvalue weighted by atomic mass is 9.91. The second-order valence-corrected chi connectivity index (χ2v) is 6.76. The smallest absolute Gasteiger partial charge is 0.223 e. The summed E-state index contributed by atoms with van der Waals surface area (Å²) in [5.74, 6) is 0.800. The van der Waals surface area contributed by atoms with E-state index in [0.29, 0.717) is 11.7 Å². The van der Waals surface area contributed by atoms with Crippen LogP contribution in [0.25, 0.3) is 0 Å². The largest absolute Gasteiger partial charge is 0.491 e. The summed E-state index contributed by atoms with van der Waals surface area (Å²) >= 11 is 0. The van der Waals surface area contributed by atoms with Crippen LogP contribution in [0, 0.1) is 11.7 Å². The number of pyridine rings is 1. The quantitative estimate of drug-likeness (QED) is 0.874. The van der Waals surface area contributed by atoms with Gasteiger partial charge in [-0.2, -0.15) is 0 Å². The summed E-state index contributed by atoms with van der Waals surface area (Å²) in [7, 11) is 1.50. The second kappa shape index (κ2) is 8.30. The predicted octanol–water partition coefficient (Wildman–Crippen LogP) is 3.37. The molecule has 1 unspecified atom stereocenters. The summed E-state index contributed by atoms with van der Waals surface area (Å²) < 4.78 is 18.8. The fraction of sp³-hybridized carbons (Fsp3) is 0.450. The molecule has 0 bridgehead atoms. The number of aryl methyl sites for hydroxylation is 1. The van der Waals surface area contributed by atoms with Crippen LogP contribution >= 0.6 is 0 Å². The van der Waals surface area contributed by atoms with Gasteiger partial charge < -0.3 is 9.72 Å². The van der Waals surface area contributed by atoms with Crippen LogP contribution in [-0.2, 0) is 13.0 Å². The van der Waals surface area contributed by atoms with E-state index in [2.05, 4.69) is 9.88 Å². The standard InChI is InChI=1S/C20H25FN2O2/c1-25-20-12-22-17(11-19(20)24)14-23-10-4-5-15(13-23)8-9-16-6-2-3-7-18(16)21/h2-3,6-7,11-12,15H,4-5,8-10,13-14H2,1H3,(H,22,24). The highest BCUT2D eigenvalue weighted by Crippen LogP contribution is 2.23. The van der Waals surface area contributed by atoms with Crippen molar-refractivity contribution < 1.29 is 9.13 Å². The van der Waals surface area contributed by atoms with Gasteiger partial charge in [-0.05, 0) is 49.8 Å². The molecule has 0 saturated carbocycles. The van der Waals surface area contributed by atoms with Crippen LogP contribution in [-0.4, -0.2) is 30.1 Å². The van der Waals surface area contributed by atoms with Crippen LogP contribution in [0.2, 0.25) is 0 Å². The number of hydrogen-bond acceptors (Lipinski definition) is 3. The lowest BCUT2D eigenvalue weighted by Crippen LogP contribution is -2.35. The minimum absolute atomic E-state index is 0.0932. The summed E-state index contributed by atoms with van der Waals surface area (Å²) in [5.41, 5.74) is 1.61. The Bertz CT molecular complexity index is 759. The van der Waals surface area contributed by atoms with Crippen molar-refractivity contribution in [1.29, 1.82) is 0 Å². The monoisotopic (exact) mass is 344 g/mol. The molecule has 2 aromatic rings. The fourth-order valence-electron chi connectivity index (χ4n) is 3.58. The van der Waals surface area contributed by atoms with Gasteiger partial charge in [-0.1, -0.05) is 18.2 Å². The summed E-state index contributed by atoms with van der Waals surface area (Å²) in [6, 6.07) is 8.64. The van der Waals surface area contributed by atoms with Crippen molar-refractivity contribution >= 4 is 0 Å². The van der Waals surface area contributed by atoms with E-state index in [1.807, 2.05) is 12.1 Å². The van der Waals surface area contributed by atoms with E-state index in [9.17, 15) is 9.18 Å². The molecule has 1 fully saturated rings. The number of hydrogen-bond donors (Lipinski definition) is 1. The van der Waals surface area contributed by atoms with Gasteiger partial charge in [0.05, 0.1) is 7.11 Å². The van der Waals surface area contributed by atoms with Gasteiger partial charge in [0.15, 0.2) is 5.75 Å². The molecule has 134 valence electrons. The first kappa shape index (κ1) is 17.7. The SMILES string of the molecule is COc1c[nH]c(CN2CCCC(CCc3ccccc3F)C2)cc1=O. The summed E-state index contributed by atoms with van der Waals surface area (Å²) in [5, 5.41) is 0. The first-order chi connectivity index (χ1) is 12.2. The van der Waals surface area contributed by atoms with Gasteiger partial charge in [0.1, 0.15) is 5.82 Å². The number of nitrogens with zero attached hydrogens (tertiary/aromatic N) is 1. The average molecular weight is 344 g/mol. The Morgan fingerprint density at radius 3 is 2.96 bits per heavy atom. The van der Waals surface area contributed by atoms with Gasteiger partial charge in [-0.25, -0.2) is 4.39 Å². The van der Waals surface area contributed by atoms with E-state index < -0.39 is 0 Å². The van der Waals surface area contributed by atoms with Crippen molar-refractivity contribution in [1.82, 2.24) is 9.88 Å². The predicted molar refractivity (Wildman–Crippen MR) is 96.3 cm³/mol. The number of ether oxygens (including phenoxy) is 1. The molecule has 1 aromatic heterocycles. The molecule has 1 N–H and O–H groups in total.